The second-order valence-corrected chi connectivity index (χ2v) is 12.1. The van der Waals surface area contributed by atoms with Gasteiger partial charge in [0.2, 0.25) is 0 Å². The molecule has 0 radical (unpaired) electrons. The van der Waals surface area contributed by atoms with Gasteiger partial charge in [-0.3, -0.25) is 4.79 Å². The van der Waals surface area contributed by atoms with Gasteiger partial charge in [0.1, 0.15) is 12.4 Å². The molecular weight excluding hydrogens is 532 g/mol. The number of alkyl halides is 2. The quantitative estimate of drug-likeness (QED) is 0.181. The van der Waals surface area contributed by atoms with Gasteiger partial charge < -0.3 is 9.47 Å². The minimum absolute atomic E-state index is 0.0526. The molecule has 3 aromatic rings. The normalized spacial score (nSPS) is 18.9. The first-order valence-corrected chi connectivity index (χ1v) is 14.3. The van der Waals surface area contributed by atoms with Crippen molar-refractivity contribution in [3.63, 3.8) is 0 Å². The smallest absolute Gasteiger partial charge is 0.306 e. The molecule has 2 saturated carbocycles. The Labute approximate surface area is 238 Å². The van der Waals surface area contributed by atoms with Crippen LogP contribution in [0.1, 0.15) is 92.9 Å². The molecule has 0 bridgehead atoms. The third-order valence-electron chi connectivity index (χ3n) is 8.87. The zero-order valence-corrected chi connectivity index (χ0v) is 23.7. The molecule has 41 heavy (non-hydrogen) atoms. The van der Waals surface area contributed by atoms with Crippen molar-refractivity contribution in [1.82, 2.24) is 0 Å². The van der Waals surface area contributed by atoms with E-state index in [1.54, 1.807) is 30.3 Å². The fourth-order valence-corrected chi connectivity index (χ4v) is 6.40. The molecule has 3 nitrogen and oxygen atoms in total. The Morgan fingerprint density at radius 3 is 2.44 bits per heavy atom. The first kappa shape index (κ1) is 29.2. The van der Waals surface area contributed by atoms with Crippen LogP contribution in [-0.2, 0) is 16.1 Å². The molecule has 2 aliphatic rings. The third-order valence-corrected chi connectivity index (χ3v) is 8.87. The van der Waals surface area contributed by atoms with Crippen LogP contribution in [0.4, 0.5) is 17.6 Å². The van der Waals surface area contributed by atoms with E-state index in [-0.39, 0.29) is 59.0 Å². The van der Waals surface area contributed by atoms with Gasteiger partial charge in [0.05, 0.1) is 13.5 Å². The Kier molecular flexibility index (Phi) is 8.44. The summed E-state index contributed by atoms with van der Waals surface area (Å²) < 4.78 is 68.5. The molecule has 7 heteroatoms. The fraction of sp³-hybridized carbons (Fsp3) is 0.441. The monoisotopic (exact) mass is 568 g/mol. The van der Waals surface area contributed by atoms with E-state index in [0.29, 0.717) is 11.1 Å². The Morgan fingerprint density at radius 2 is 1.78 bits per heavy atom. The molecule has 218 valence electrons. The number of hydrogen-bond donors (Lipinski definition) is 0. The van der Waals surface area contributed by atoms with Crippen LogP contribution in [0.25, 0.3) is 11.1 Å². The van der Waals surface area contributed by atoms with Gasteiger partial charge in [0.25, 0.3) is 6.43 Å². The molecule has 5 rings (SSSR count). The molecule has 3 aromatic carbocycles. The summed E-state index contributed by atoms with van der Waals surface area (Å²) in [7, 11) is 1.33. The number of carbonyl (C=O) groups excluding carboxylic acids is 1. The van der Waals surface area contributed by atoms with Gasteiger partial charge in [-0.2, -0.15) is 0 Å². The summed E-state index contributed by atoms with van der Waals surface area (Å²) in [6.45, 7) is 4.43. The van der Waals surface area contributed by atoms with Crippen LogP contribution in [0.3, 0.4) is 0 Å². The number of rotatable bonds is 10. The van der Waals surface area contributed by atoms with Crippen LogP contribution in [0.5, 0.6) is 5.75 Å². The summed E-state index contributed by atoms with van der Waals surface area (Å²) in [6, 6.07) is 14.0. The Bertz CT molecular complexity index is 1410. The summed E-state index contributed by atoms with van der Waals surface area (Å²) in [4.78, 5) is 12.0. The number of halogens is 4. The molecule has 0 heterocycles. The van der Waals surface area contributed by atoms with Crippen LogP contribution < -0.4 is 4.74 Å². The van der Waals surface area contributed by atoms with Gasteiger partial charge in [-0.05, 0) is 83.4 Å². The lowest BCUT2D eigenvalue weighted by Gasteiger charge is -2.30. The first-order valence-electron chi connectivity index (χ1n) is 14.3. The van der Waals surface area contributed by atoms with E-state index in [9.17, 15) is 13.6 Å². The largest absolute Gasteiger partial charge is 0.486 e. The van der Waals surface area contributed by atoms with Crippen molar-refractivity contribution in [1.29, 1.82) is 0 Å². The van der Waals surface area contributed by atoms with Crippen LogP contribution >= 0.6 is 0 Å². The van der Waals surface area contributed by atoms with Crippen LogP contribution in [0, 0.1) is 23.0 Å². The molecule has 2 aliphatic carbocycles. The maximum atomic E-state index is 15.6. The Hall–Kier alpha value is -3.35. The fourth-order valence-electron chi connectivity index (χ4n) is 6.40. The van der Waals surface area contributed by atoms with Crippen LogP contribution in [0.2, 0.25) is 0 Å². The zero-order valence-electron chi connectivity index (χ0n) is 23.7. The summed E-state index contributed by atoms with van der Waals surface area (Å²) in [6.07, 6.45) is 2.23. The van der Waals surface area contributed by atoms with Crippen molar-refractivity contribution in [2.75, 3.05) is 7.11 Å². The van der Waals surface area contributed by atoms with Gasteiger partial charge >= 0.3 is 5.97 Å². The van der Waals surface area contributed by atoms with Crippen molar-refractivity contribution < 1.29 is 31.8 Å². The van der Waals surface area contributed by atoms with Gasteiger partial charge in [-0.1, -0.05) is 56.7 Å². The van der Waals surface area contributed by atoms with E-state index < -0.39 is 18.1 Å². The maximum absolute atomic E-state index is 15.6. The molecule has 0 N–H and O–H groups in total. The van der Waals surface area contributed by atoms with E-state index in [1.807, 2.05) is 6.07 Å². The summed E-state index contributed by atoms with van der Waals surface area (Å²) in [5, 5.41) is 0. The average molecular weight is 569 g/mol. The van der Waals surface area contributed by atoms with Crippen molar-refractivity contribution >= 4 is 5.97 Å². The number of hydrogen-bond acceptors (Lipinski definition) is 3. The summed E-state index contributed by atoms with van der Waals surface area (Å²) in [5.74, 6) is -1.22. The van der Waals surface area contributed by atoms with Crippen molar-refractivity contribution in [2.24, 2.45) is 11.3 Å². The lowest BCUT2D eigenvalue weighted by atomic mass is 9.75. The summed E-state index contributed by atoms with van der Waals surface area (Å²) in [5.41, 5.74) is 2.59. The van der Waals surface area contributed by atoms with E-state index in [1.165, 1.54) is 13.2 Å². The van der Waals surface area contributed by atoms with E-state index >= 15 is 8.78 Å². The van der Waals surface area contributed by atoms with Gasteiger partial charge in [0, 0.05) is 17.0 Å². The molecule has 2 fully saturated rings. The van der Waals surface area contributed by atoms with Crippen molar-refractivity contribution in [3.05, 3.63) is 88.5 Å². The van der Waals surface area contributed by atoms with Crippen LogP contribution in [0.15, 0.2) is 54.6 Å². The minimum atomic E-state index is -2.70. The third kappa shape index (κ3) is 6.29. The van der Waals surface area contributed by atoms with E-state index in [4.69, 9.17) is 9.47 Å². The van der Waals surface area contributed by atoms with Crippen molar-refractivity contribution in [3.8, 4) is 16.9 Å². The highest BCUT2D eigenvalue weighted by molar-refractivity contribution is 5.71. The molecule has 0 unspecified atom stereocenters. The second-order valence-electron chi connectivity index (χ2n) is 12.1. The van der Waals surface area contributed by atoms with Crippen LogP contribution in [-0.4, -0.2) is 13.1 Å². The molecule has 0 aromatic heterocycles. The first-order chi connectivity index (χ1) is 19.6. The topological polar surface area (TPSA) is 35.5 Å². The predicted octanol–water partition coefficient (Wildman–Crippen LogP) is 9.50. The minimum Gasteiger partial charge on any atom is -0.486 e. The highest BCUT2D eigenvalue weighted by Gasteiger charge is 2.38. The van der Waals surface area contributed by atoms with Crippen molar-refractivity contribution in [2.45, 2.75) is 77.2 Å². The lowest BCUT2D eigenvalue weighted by molar-refractivity contribution is -0.141. The number of ether oxygens (including phenoxy) is 2. The summed E-state index contributed by atoms with van der Waals surface area (Å²) >= 11 is 0. The average Bonchev–Trinajstić information content (AvgIpc) is 3.73. The van der Waals surface area contributed by atoms with Gasteiger partial charge in [-0.15, -0.1) is 0 Å². The molecule has 0 saturated heterocycles. The highest BCUT2D eigenvalue weighted by Crippen LogP contribution is 2.51. The van der Waals surface area contributed by atoms with E-state index in [2.05, 4.69) is 13.8 Å². The molecule has 0 spiro atoms. The predicted molar refractivity (Wildman–Crippen MR) is 150 cm³/mol. The number of esters is 1. The van der Waals surface area contributed by atoms with Gasteiger partial charge in [-0.25, -0.2) is 17.6 Å². The number of methoxy groups -OCH3 is 1. The molecule has 0 amide bonds. The molecule has 0 aliphatic heterocycles. The number of carbonyl (C=O) groups is 1. The van der Waals surface area contributed by atoms with Gasteiger partial charge in [0.15, 0.2) is 11.6 Å². The zero-order chi connectivity index (χ0) is 29.3. The maximum Gasteiger partial charge on any atom is 0.306 e. The standard InChI is InChI=1S/C34H36F4O3/c1-34(2)15-5-7-28(34)26-16-20(9-13-23(26)27-17-22(33(37)38)12-14-29(27)35)19-41-30-8-4-6-24(32(30)36)25(21-10-11-21)18-31(39)40-3/h4,6,8-9,12-14,16-17,21,25,28,33H,5,7,10-11,15,18-19H2,1-3H3/t25-,28+/m0/s1. The SMILES string of the molecule is COC(=O)C[C@H](c1cccc(OCc2ccc(-c3cc(C(F)F)ccc3F)c([C@H]3CCCC3(C)C)c2)c1F)C1CC1. The second kappa shape index (κ2) is 11.9. The van der Waals surface area contributed by atoms with E-state index in [0.717, 1.165) is 55.4 Å². The Balaban J connectivity index is 1.46. The number of benzene rings is 3. The highest BCUT2D eigenvalue weighted by atomic mass is 19.3. The lowest BCUT2D eigenvalue weighted by Crippen LogP contribution is -2.17. The molecule has 2 atom stereocenters. The Morgan fingerprint density at radius 1 is 1.00 bits per heavy atom. The molecular formula is C34H36F4O3.